The van der Waals surface area contributed by atoms with Gasteiger partial charge >= 0.3 is 0 Å². The summed E-state index contributed by atoms with van der Waals surface area (Å²) in [5.41, 5.74) is 2.41. The smallest absolute Gasteiger partial charge is 0.123 e. The number of benzene rings is 2. The summed E-state index contributed by atoms with van der Waals surface area (Å²) in [6.07, 6.45) is 0. The minimum Gasteiger partial charge on any atom is -0.489 e. The summed E-state index contributed by atoms with van der Waals surface area (Å²) in [5, 5.41) is 3.47. The molecule has 0 saturated heterocycles. The largest absolute Gasteiger partial charge is 0.489 e. The molecule has 0 unspecified atom stereocenters. The minimum atomic E-state index is 0.612. The number of thiophene rings is 1. The van der Waals surface area contributed by atoms with Gasteiger partial charge in [-0.3, -0.25) is 0 Å². The summed E-state index contributed by atoms with van der Waals surface area (Å²) < 4.78 is 8.30. The van der Waals surface area contributed by atoms with E-state index in [-0.39, 0.29) is 0 Å². The Morgan fingerprint density at radius 3 is 2.89 bits per heavy atom. The van der Waals surface area contributed by atoms with Crippen molar-refractivity contribution in [3.05, 3.63) is 63.4 Å². The molecule has 19 heavy (non-hydrogen) atoms. The van der Waals surface area contributed by atoms with Gasteiger partial charge in [0.2, 0.25) is 0 Å². The fraction of sp³-hybridized carbons (Fsp3) is 0.125. The van der Waals surface area contributed by atoms with Crippen LogP contribution in [0.3, 0.4) is 0 Å². The molecule has 1 heterocycles. The van der Waals surface area contributed by atoms with Gasteiger partial charge < -0.3 is 4.74 Å². The average molecular weight is 333 g/mol. The van der Waals surface area contributed by atoms with Gasteiger partial charge in [0.25, 0.3) is 0 Å². The van der Waals surface area contributed by atoms with Gasteiger partial charge in [-0.2, -0.15) is 0 Å². The molecule has 0 aliphatic heterocycles. The van der Waals surface area contributed by atoms with Gasteiger partial charge in [-0.25, -0.2) is 0 Å². The molecule has 0 N–H and O–H groups in total. The summed E-state index contributed by atoms with van der Waals surface area (Å²) in [5.74, 6) is 0.935. The number of ether oxygens (including phenoxy) is 1. The molecule has 1 aromatic heterocycles. The second-order valence-electron chi connectivity index (χ2n) is 4.46. The average Bonchev–Trinajstić information content (AvgIpc) is 2.83. The van der Waals surface area contributed by atoms with Crippen LogP contribution in [0.1, 0.15) is 11.1 Å². The zero-order valence-corrected chi connectivity index (χ0v) is 12.9. The summed E-state index contributed by atoms with van der Waals surface area (Å²) >= 11 is 5.24. The lowest BCUT2D eigenvalue weighted by molar-refractivity contribution is 0.306. The minimum absolute atomic E-state index is 0.612. The predicted octanol–water partition coefficient (Wildman–Crippen LogP) is 5.55. The molecule has 0 aliphatic carbocycles. The van der Waals surface area contributed by atoms with Crippen LogP contribution in [0.2, 0.25) is 0 Å². The van der Waals surface area contributed by atoms with Gasteiger partial charge in [0.15, 0.2) is 0 Å². The molecule has 3 aromatic rings. The monoisotopic (exact) mass is 332 g/mol. The Morgan fingerprint density at radius 1 is 1.16 bits per heavy atom. The highest BCUT2D eigenvalue weighted by Crippen LogP contribution is 2.28. The Bertz CT molecular complexity index is 718. The normalized spacial score (nSPS) is 10.8. The molecule has 0 atom stereocenters. The van der Waals surface area contributed by atoms with Crippen LogP contribution in [-0.2, 0) is 6.61 Å². The molecule has 3 rings (SSSR count). The molecule has 1 nitrogen and oxygen atoms in total. The van der Waals surface area contributed by atoms with E-state index in [0.29, 0.717) is 6.61 Å². The van der Waals surface area contributed by atoms with Crippen molar-refractivity contribution in [2.45, 2.75) is 13.5 Å². The van der Waals surface area contributed by atoms with Crippen LogP contribution in [0, 0.1) is 6.92 Å². The van der Waals surface area contributed by atoms with Crippen molar-refractivity contribution < 1.29 is 4.74 Å². The first-order valence-electron chi connectivity index (χ1n) is 6.08. The number of hydrogen-bond acceptors (Lipinski definition) is 2. The third kappa shape index (κ3) is 2.67. The summed E-state index contributed by atoms with van der Waals surface area (Å²) in [4.78, 5) is 0. The lowest BCUT2D eigenvalue weighted by Crippen LogP contribution is -1.96. The van der Waals surface area contributed by atoms with Crippen LogP contribution in [-0.4, -0.2) is 0 Å². The van der Waals surface area contributed by atoms with Crippen LogP contribution < -0.4 is 4.74 Å². The van der Waals surface area contributed by atoms with Gasteiger partial charge in [-0.05, 0) is 41.5 Å². The van der Waals surface area contributed by atoms with Crippen molar-refractivity contribution in [1.29, 1.82) is 0 Å². The maximum absolute atomic E-state index is 5.95. The van der Waals surface area contributed by atoms with E-state index >= 15 is 0 Å². The van der Waals surface area contributed by atoms with E-state index in [9.17, 15) is 0 Å². The maximum Gasteiger partial charge on any atom is 0.123 e. The third-order valence-corrected chi connectivity index (χ3v) is 4.60. The molecule has 0 saturated carbocycles. The van der Waals surface area contributed by atoms with E-state index in [2.05, 4.69) is 58.6 Å². The molecule has 0 amide bonds. The number of fused-ring (bicyclic) bond motifs is 1. The molecule has 0 fully saturated rings. The van der Waals surface area contributed by atoms with Crippen LogP contribution in [0.15, 0.2) is 52.3 Å². The van der Waals surface area contributed by atoms with Crippen molar-refractivity contribution in [1.82, 2.24) is 0 Å². The molecule has 3 heteroatoms. The van der Waals surface area contributed by atoms with Gasteiger partial charge in [0.1, 0.15) is 12.4 Å². The van der Waals surface area contributed by atoms with Crippen molar-refractivity contribution in [2.75, 3.05) is 0 Å². The molecule has 0 bridgehead atoms. The van der Waals surface area contributed by atoms with Gasteiger partial charge in [-0.15, -0.1) is 11.3 Å². The standard InChI is InChI=1S/C16H13BrOS/c1-11-6-7-13(17)8-15(11)18-9-12-10-19-16-5-3-2-4-14(12)16/h2-8,10H,9H2,1H3. The van der Waals surface area contributed by atoms with Crippen molar-refractivity contribution in [3.63, 3.8) is 0 Å². The Balaban J connectivity index is 1.84. The van der Waals surface area contributed by atoms with Gasteiger partial charge in [0.05, 0.1) is 0 Å². The number of aryl methyl sites for hydroxylation is 1. The Morgan fingerprint density at radius 2 is 2.00 bits per heavy atom. The van der Waals surface area contributed by atoms with Crippen LogP contribution in [0.25, 0.3) is 10.1 Å². The van der Waals surface area contributed by atoms with E-state index in [0.717, 1.165) is 15.8 Å². The van der Waals surface area contributed by atoms with E-state index in [1.54, 1.807) is 11.3 Å². The molecule has 0 aliphatic rings. The zero-order chi connectivity index (χ0) is 13.2. The molecule has 2 aromatic carbocycles. The fourth-order valence-electron chi connectivity index (χ4n) is 2.03. The van der Waals surface area contributed by atoms with E-state index in [4.69, 9.17) is 4.74 Å². The second kappa shape index (κ2) is 5.35. The Hall–Kier alpha value is -1.32. The topological polar surface area (TPSA) is 9.23 Å². The predicted molar refractivity (Wildman–Crippen MR) is 85.0 cm³/mol. The first-order chi connectivity index (χ1) is 9.24. The van der Waals surface area contributed by atoms with Crippen LogP contribution in [0.5, 0.6) is 5.75 Å². The lowest BCUT2D eigenvalue weighted by atomic mass is 10.2. The maximum atomic E-state index is 5.95. The second-order valence-corrected chi connectivity index (χ2v) is 6.28. The number of rotatable bonds is 3. The molecule has 0 spiro atoms. The van der Waals surface area contributed by atoms with Crippen LogP contribution >= 0.6 is 27.3 Å². The molecule has 96 valence electrons. The first-order valence-corrected chi connectivity index (χ1v) is 7.75. The van der Waals surface area contributed by atoms with Gasteiger partial charge in [-0.1, -0.05) is 40.2 Å². The highest BCUT2D eigenvalue weighted by atomic mass is 79.9. The number of hydrogen-bond donors (Lipinski definition) is 0. The molecule has 0 radical (unpaired) electrons. The van der Waals surface area contributed by atoms with Crippen molar-refractivity contribution in [3.8, 4) is 5.75 Å². The zero-order valence-electron chi connectivity index (χ0n) is 10.5. The third-order valence-electron chi connectivity index (χ3n) is 3.09. The first kappa shape index (κ1) is 12.7. The SMILES string of the molecule is Cc1ccc(Br)cc1OCc1csc2ccccc12. The van der Waals surface area contributed by atoms with Crippen molar-refractivity contribution >= 4 is 37.4 Å². The Labute approximate surface area is 125 Å². The summed E-state index contributed by atoms with van der Waals surface area (Å²) in [6, 6.07) is 14.5. The van der Waals surface area contributed by atoms with Gasteiger partial charge in [0, 0.05) is 14.7 Å². The number of halogens is 1. The lowest BCUT2D eigenvalue weighted by Gasteiger charge is -2.09. The van der Waals surface area contributed by atoms with E-state index in [1.165, 1.54) is 15.6 Å². The molecular weight excluding hydrogens is 320 g/mol. The summed E-state index contributed by atoms with van der Waals surface area (Å²) in [7, 11) is 0. The summed E-state index contributed by atoms with van der Waals surface area (Å²) in [6.45, 7) is 2.68. The van der Waals surface area contributed by atoms with Crippen molar-refractivity contribution in [2.24, 2.45) is 0 Å². The highest BCUT2D eigenvalue weighted by molar-refractivity contribution is 9.10. The quantitative estimate of drug-likeness (QED) is 0.610. The van der Waals surface area contributed by atoms with E-state index < -0.39 is 0 Å². The highest BCUT2D eigenvalue weighted by Gasteiger charge is 2.05. The molecular formula is C16H13BrOS. The van der Waals surface area contributed by atoms with Crippen LogP contribution in [0.4, 0.5) is 0 Å². The Kier molecular flexibility index (Phi) is 3.58. The fourth-order valence-corrected chi connectivity index (χ4v) is 3.32. The van der Waals surface area contributed by atoms with E-state index in [1.807, 2.05) is 12.1 Å².